The molecular formula is C13H21NO2. The number of hydrogen-bond acceptors (Lipinski definition) is 3. The van der Waals surface area contributed by atoms with E-state index in [1.807, 2.05) is 6.92 Å². The Kier molecular flexibility index (Phi) is 3.06. The highest BCUT2D eigenvalue weighted by Crippen LogP contribution is 2.50. The Hall–Kier alpha value is -0.830. The fraction of sp³-hybridized carbons (Fsp3) is 0.769. The van der Waals surface area contributed by atoms with Crippen LogP contribution in [0.5, 0.6) is 0 Å². The van der Waals surface area contributed by atoms with Crippen LogP contribution in [0.15, 0.2) is 11.6 Å². The molecule has 0 aliphatic heterocycles. The number of ether oxygens (including phenoxy) is 1. The molecule has 16 heavy (non-hydrogen) atoms. The molecule has 3 atom stereocenters. The maximum absolute atomic E-state index is 12.2. The average molecular weight is 223 g/mol. The highest BCUT2D eigenvalue weighted by atomic mass is 16.6. The van der Waals surface area contributed by atoms with E-state index in [-0.39, 0.29) is 17.6 Å². The van der Waals surface area contributed by atoms with Gasteiger partial charge in [0.2, 0.25) is 0 Å². The molecule has 0 heterocycles. The van der Waals surface area contributed by atoms with E-state index < -0.39 is 0 Å². The van der Waals surface area contributed by atoms with Crippen molar-refractivity contribution in [3.8, 4) is 0 Å². The lowest BCUT2D eigenvalue weighted by atomic mass is 9.71. The van der Waals surface area contributed by atoms with Gasteiger partial charge in [-0.05, 0) is 45.6 Å². The zero-order chi connectivity index (χ0) is 11.8. The number of esters is 1. The third-order valence-electron chi connectivity index (χ3n) is 3.82. The minimum atomic E-state index is -0.238. The third kappa shape index (κ3) is 2.01. The maximum atomic E-state index is 12.2. The standard InChI is InChI=1S/C13H21NO2/c1-9-6-11-4-5-13(7-9,8-11)12(15)16-10(2)14-3/h4,9-10,14H,5-8H2,1-3H3. The van der Waals surface area contributed by atoms with Crippen molar-refractivity contribution in [1.82, 2.24) is 5.32 Å². The van der Waals surface area contributed by atoms with Crippen LogP contribution in [0.4, 0.5) is 0 Å². The largest absolute Gasteiger partial charge is 0.446 e. The Morgan fingerprint density at radius 1 is 1.69 bits per heavy atom. The van der Waals surface area contributed by atoms with E-state index in [2.05, 4.69) is 18.3 Å². The summed E-state index contributed by atoms with van der Waals surface area (Å²) < 4.78 is 5.42. The topological polar surface area (TPSA) is 38.3 Å². The predicted octanol–water partition coefficient (Wildman–Crippen LogP) is 2.23. The van der Waals surface area contributed by atoms with Crippen molar-refractivity contribution >= 4 is 5.97 Å². The summed E-state index contributed by atoms with van der Waals surface area (Å²) in [4.78, 5) is 12.2. The van der Waals surface area contributed by atoms with Crippen LogP contribution in [0.25, 0.3) is 0 Å². The molecule has 0 aromatic rings. The molecule has 0 aromatic carbocycles. The molecule has 2 aliphatic rings. The lowest BCUT2D eigenvalue weighted by Crippen LogP contribution is -2.39. The molecule has 2 bridgehead atoms. The first-order chi connectivity index (χ1) is 7.55. The van der Waals surface area contributed by atoms with Gasteiger partial charge in [0.1, 0.15) is 6.23 Å². The molecule has 0 aromatic heterocycles. The molecule has 3 heteroatoms. The van der Waals surface area contributed by atoms with Gasteiger partial charge in [0, 0.05) is 0 Å². The van der Waals surface area contributed by atoms with Crippen LogP contribution in [0.2, 0.25) is 0 Å². The number of fused-ring (bicyclic) bond motifs is 2. The molecule has 0 amide bonds. The van der Waals surface area contributed by atoms with Crippen molar-refractivity contribution in [2.75, 3.05) is 7.05 Å². The van der Waals surface area contributed by atoms with Crippen LogP contribution in [-0.2, 0) is 9.53 Å². The van der Waals surface area contributed by atoms with Gasteiger partial charge < -0.3 is 4.74 Å². The quantitative estimate of drug-likeness (QED) is 0.453. The summed E-state index contributed by atoms with van der Waals surface area (Å²) in [6.07, 6.45) is 5.99. The summed E-state index contributed by atoms with van der Waals surface area (Å²) in [7, 11) is 1.80. The van der Waals surface area contributed by atoms with Crippen LogP contribution < -0.4 is 5.32 Å². The van der Waals surface area contributed by atoms with Crippen molar-refractivity contribution in [1.29, 1.82) is 0 Å². The van der Waals surface area contributed by atoms with E-state index >= 15 is 0 Å². The minimum absolute atomic E-state index is 0.0212. The van der Waals surface area contributed by atoms with Crippen LogP contribution in [0.1, 0.15) is 39.5 Å². The highest BCUT2D eigenvalue weighted by molar-refractivity contribution is 5.79. The number of carbonyl (C=O) groups excluding carboxylic acids is 1. The first-order valence-corrected chi connectivity index (χ1v) is 6.12. The molecule has 2 aliphatic carbocycles. The van der Waals surface area contributed by atoms with Crippen molar-refractivity contribution in [2.24, 2.45) is 11.3 Å². The molecule has 0 saturated heterocycles. The second kappa shape index (κ2) is 4.21. The Bertz CT molecular complexity index is 324. The molecule has 3 unspecified atom stereocenters. The van der Waals surface area contributed by atoms with Gasteiger partial charge in [-0.2, -0.15) is 0 Å². The molecule has 1 fully saturated rings. The molecule has 2 rings (SSSR count). The van der Waals surface area contributed by atoms with E-state index in [1.54, 1.807) is 7.05 Å². The minimum Gasteiger partial charge on any atom is -0.446 e. The first kappa shape index (κ1) is 11.6. The zero-order valence-electron chi connectivity index (χ0n) is 10.4. The summed E-state index contributed by atoms with van der Waals surface area (Å²) in [5.41, 5.74) is 1.21. The number of allylic oxidation sites excluding steroid dienone is 2. The monoisotopic (exact) mass is 223 g/mol. The lowest BCUT2D eigenvalue weighted by Gasteiger charge is -2.34. The third-order valence-corrected chi connectivity index (χ3v) is 3.82. The summed E-state index contributed by atoms with van der Waals surface area (Å²) in [6.45, 7) is 4.09. The van der Waals surface area contributed by atoms with Crippen LogP contribution in [0, 0.1) is 11.3 Å². The van der Waals surface area contributed by atoms with Crippen LogP contribution in [0.3, 0.4) is 0 Å². The fourth-order valence-electron chi connectivity index (χ4n) is 3.00. The van der Waals surface area contributed by atoms with Crippen molar-refractivity contribution < 1.29 is 9.53 Å². The molecule has 3 nitrogen and oxygen atoms in total. The molecular weight excluding hydrogens is 202 g/mol. The summed E-state index contributed by atoms with van der Waals surface area (Å²) in [5.74, 6) is 0.590. The molecule has 0 radical (unpaired) electrons. The van der Waals surface area contributed by atoms with Gasteiger partial charge in [-0.15, -0.1) is 0 Å². The average Bonchev–Trinajstić information content (AvgIpc) is 2.55. The van der Waals surface area contributed by atoms with Crippen molar-refractivity contribution in [2.45, 2.75) is 45.8 Å². The van der Waals surface area contributed by atoms with E-state index in [9.17, 15) is 4.79 Å². The molecule has 90 valence electrons. The van der Waals surface area contributed by atoms with Crippen molar-refractivity contribution in [3.05, 3.63) is 11.6 Å². The zero-order valence-corrected chi connectivity index (χ0v) is 10.4. The maximum Gasteiger partial charge on any atom is 0.314 e. The molecule has 0 spiro atoms. The second-order valence-electron chi connectivity index (χ2n) is 5.37. The van der Waals surface area contributed by atoms with Gasteiger partial charge in [-0.1, -0.05) is 18.6 Å². The number of rotatable bonds is 3. The predicted molar refractivity (Wildman–Crippen MR) is 62.8 cm³/mol. The number of carbonyl (C=O) groups is 1. The van der Waals surface area contributed by atoms with E-state index in [0.29, 0.717) is 5.92 Å². The first-order valence-electron chi connectivity index (χ1n) is 6.12. The SMILES string of the molecule is CNC(C)OC(=O)C12CC=C(CC(C)C1)C2. The van der Waals surface area contributed by atoms with Gasteiger partial charge in [-0.25, -0.2) is 0 Å². The van der Waals surface area contributed by atoms with Gasteiger partial charge >= 0.3 is 5.97 Å². The number of nitrogens with one attached hydrogen (secondary N) is 1. The Balaban J connectivity index is 2.06. The van der Waals surface area contributed by atoms with Crippen LogP contribution >= 0.6 is 0 Å². The van der Waals surface area contributed by atoms with E-state index in [1.165, 1.54) is 5.57 Å². The summed E-state index contributed by atoms with van der Waals surface area (Å²) >= 11 is 0. The van der Waals surface area contributed by atoms with E-state index in [0.717, 1.165) is 25.7 Å². The van der Waals surface area contributed by atoms with Gasteiger partial charge in [0.05, 0.1) is 5.41 Å². The molecule has 1 saturated carbocycles. The lowest BCUT2D eigenvalue weighted by molar-refractivity contribution is -0.163. The fourth-order valence-corrected chi connectivity index (χ4v) is 3.00. The Labute approximate surface area is 97.2 Å². The van der Waals surface area contributed by atoms with Crippen molar-refractivity contribution in [3.63, 3.8) is 0 Å². The van der Waals surface area contributed by atoms with Crippen LogP contribution in [-0.4, -0.2) is 19.2 Å². The Morgan fingerprint density at radius 3 is 3.12 bits per heavy atom. The van der Waals surface area contributed by atoms with Gasteiger partial charge in [0.15, 0.2) is 0 Å². The summed E-state index contributed by atoms with van der Waals surface area (Å²) in [6, 6.07) is 0. The van der Waals surface area contributed by atoms with Gasteiger partial charge in [0.25, 0.3) is 0 Å². The van der Waals surface area contributed by atoms with Gasteiger partial charge in [-0.3, -0.25) is 10.1 Å². The normalized spacial score (nSPS) is 34.4. The second-order valence-corrected chi connectivity index (χ2v) is 5.37. The summed E-state index contributed by atoms with van der Waals surface area (Å²) in [5, 5.41) is 2.94. The number of hydrogen-bond donors (Lipinski definition) is 1. The highest BCUT2D eigenvalue weighted by Gasteiger charge is 2.47. The smallest absolute Gasteiger partial charge is 0.314 e. The van der Waals surface area contributed by atoms with E-state index in [4.69, 9.17) is 4.74 Å². The Morgan fingerprint density at radius 2 is 2.44 bits per heavy atom. The molecule has 1 N–H and O–H groups in total.